The highest BCUT2D eigenvalue weighted by Crippen LogP contribution is 2.62. The van der Waals surface area contributed by atoms with E-state index in [1.807, 2.05) is 24.3 Å². The Morgan fingerprint density at radius 1 is 0.860 bits per heavy atom. The van der Waals surface area contributed by atoms with Gasteiger partial charge in [0.1, 0.15) is 10.3 Å². The van der Waals surface area contributed by atoms with Gasteiger partial charge in [0.15, 0.2) is 9.84 Å². The molecule has 0 spiro atoms. The minimum atomic E-state index is -4.20. The predicted molar refractivity (Wildman–Crippen MR) is 163 cm³/mol. The molecule has 3 N–H and O–H groups in total. The molecule has 9 heteroatoms. The largest absolute Gasteiger partial charge is 0.478 e. The van der Waals surface area contributed by atoms with Crippen molar-refractivity contribution in [1.29, 1.82) is 0 Å². The van der Waals surface area contributed by atoms with Crippen molar-refractivity contribution in [2.45, 2.75) is 91.3 Å². The molecule has 2 saturated heterocycles. The number of aliphatic hydroxyl groups is 2. The van der Waals surface area contributed by atoms with Crippen molar-refractivity contribution in [3.63, 3.8) is 0 Å². The van der Waals surface area contributed by atoms with E-state index in [-0.39, 0.29) is 30.7 Å². The van der Waals surface area contributed by atoms with E-state index in [1.165, 1.54) is 35.8 Å². The molecule has 3 atom stereocenters. The van der Waals surface area contributed by atoms with Crippen molar-refractivity contribution in [1.82, 2.24) is 9.80 Å². The Morgan fingerprint density at radius 3 is 2.33 bits per heavy atom. The second-order valence-electron chi connectivity index (χ2n) is 13.1. The lowest BCUT2D eigenvalue weighted by atomic mass is 9.82. The molecule has 2 heterocycles. The predicted octanol–water partition coefficient (Wildman–Crippen LogP) is 4.42. The summed E-state index contributed by atoms with van der Waals surface area (Å²) < 4.78 is 26.7. The number of likely N-dealkylation sites (tertiary alicyclic amines) is 2. The van der Waals surface area contributed by atoms with Gasteiger partial charge in [-0.3, -0.25) is 9.80 Å². The average Bonchev–Trinajstić information content (AvgIpc) is 3.80. The van der Waals surface area contributed by atoms with Crippen LogP contribution in [0.25, 0.3) is 10.8 Å². The van der Waals surface area contributed by atoms with Crippen LogP contribution in [0.3, 0.4) is 0 Å². The van der Waals surface area contributed by atoms with Crippen LogP contribution in [0.15, 0.2) is 65.6 Å². The van der Waals surface area contributed by atoms with Crippen LogP contribution in [-0.2, 0) is 27.6 Å². The Labute approximate surface area is 252 Å². The highest BCUT2D eigenvalue weighted by atomic mass is 32.2. The van der Waals surface area contributed by atoms with Crippen LogP contribution in [-0.4, -0.2) is 75.2 Å². The van der Waals surface area contributed by atoms with Crippen molar-refractivity contribution in [2.24, 2.45) is 0 Å². The van der Waals surface area contributed by atoms with Gasteiger partial charge in [-0.15, -0.1) is 0 Å². The van der Waals surface area contributed by atoms with Gasteiger partial charge in [-0.1, -0.05) is 55.0 Å². The van der Waals surface area contributed by atoms with E-state index >= 15 is 0 Å². The normalized spacial score (nSPS) is 29.4. The summed E-state index contributed by atoms with van der Waals surface area (Å²) in [6.45, 7) is 3.16. The summed E-state index contributed by atoms with van der Waals surface area (Å²) in [5.74, 6) is -1.61. The molecule has 0 aromatic heterocycles. The van der Waals surface area contributed by atoms with Gasteiger partial charge in [0.25, 0.3) is 0 Å². The molecule has 0 amide bonds. The lowest BCUT2D eigenvalue weighted by molar-refractivity contribution is -0.226. The topological polar surface area (TPSA) is 118 Å². The molecule has 0 bridgehead atoms. The minimum absolute atomic E-state index is 0.0348. The van der Waals surface area contributed by atoms with Crippen LogP contribution < -0.4 is 0 Å². The molecule has 3 aromatic rings. The van der Waals surface area contributed by atoms with Crippen LogP contribution >= 0.6 is 0 Å². The maximum Gasteiger partial charge on any atom is 0.354 e. The van der Waals surface area contributed by atoms with E-state index in [1.54, 1.807) is 12.1 Å². The standard InChI is InChI=1S/C34H40N2O6S/c37-31(38)34(40)33(39,32(15-16-32)43(41,42)28-13-12-25-7-2-3-8-26(25)22-28)17-20-36(34)30-10-6-9-27-21-24(11-14-29(27)30)23-35-18-4-1-5-19-35/h2-3,7-8,11-14,21-22,30,39-40H,1,4-6,9-10,15-20,23H2,(H,37,38)/t30-,33?,34?/m1/s1. The summed E-state index contributed by atoms with van der Waals surface area (Å²) in [7, 11) is -4.20. The van der Waals surface area contributed by atoms with E-state index in [0.29, 0.717) is 6.42 Å². The molecule has 3 fully saturated rings. The Kier molecular flexibility index (Phi) is 6.98. The molecule has 0 radical (unpaired) electrons. The van der Waals surface area contributed by atoms with Crippen molar-refractivity contribution in [3.05, 3.63) is 77.4 Å². The molecule has 2 aliphatic carbocycles. The number of hydrogen-bond acceptors (Lipinski definition) is 7. The number of fused-ring (bicyclic) bond motifs is 2. The highest BCUT2D eigenvalue weighted by molar-refractivity contribution is 7.93. The lowest BCUT2D eigenvalue weighted by Gasteiger charge is -2.46. The number of aliphatic carboxylic acids is 1. The lowest BCUT2D eigenvalue weighted by Crippen LogP contribution is -2.70. The number of nitrogens with zero attached hydrogens (tertiary/aromatic N) is 2. The molecule has 1 saturated carbocycles. The number of aryl methyl sites for hydroxylation is 1. The number of carboxylic acid groups (broad SMARTS) is 1. The van der Waals surface area contributed by atoms with E-state index in [4.69, 9.17) is 0 Å². The molecule has 2 aliphatic heterocycles. The maximum absolute atomic E-state index is 14.3. The third kappa shape index (κ3) is 4.30. The first-order valence-electron chi connectivity index (χ1n) is 15.6. The van der Waals surface area contributed by atoms with Gasteiger partial charge in [0.05, 0.1) is 4.90 Å². The number of hydrogen-bond donors (Lipinski definition) is 3. The van der Waals surface area contributed by atoms with Gasteiger partial charge in [0.2, 0.25) is 5.72 Å². The van der Waals surface area contributed by atoms with Crippen molar-refractivity contribution < 1.29 is 28.5 Å². The van der Waals surface area contributed by atoms with E-state index in [2.05, 4.69) is 23.1 Å². The van der Waals surface area contributed by atoms with Gasteiger partial charge < -0.3 is 15.3 Å². The fourth-order valence-electron chi connectivity index (χ4n) is 8.30. The van der Waals surface area contributed by atoms with E-state index in [9.17, 15) is 28.5 Å². The van der Waals surface area contributed by atoms with Crippen LogP contribution in [0.5, 0.6) is 0 Å². The molecule has 7 rings (SSSR count). The van der Waals surface area contributed by atoms with Gasteiger partial charge in [-0.05, 0) is 104 Å². The minimum Gasteiger partial charge on any atom is -0.478 e. The summed E-state index contributed by atoms with van der Waals surface area (Å²) in [6.07, 6.45) is 6.04. The van der Waals surface area contributed by atoms with Crippen LogP contribution in [0.2, 0.25) is 0 Å². The zero-order chi connectivity index (χ0) is 30.0. The van der Waals surface area contributed by atoms with Gasteiger partial charge >= 0.3 is 5.97 Å². The Bertz CT molecular complexity index is 1680. The third-order valence-corrected chi connectivity index (χ3v) is 13.4. The van der Waals surface area contributed by atoms with Gasteiger partial charge in [-0.25, -0.2) is 13.2 Å². The number of carbonyl (C=O) groups is 1. The Morgan fingerprint density at radius 2 is 1.60 bits per heavy atom. The molecule has 3 aromatic carbocycles. The molecule has 2 unspecified atom stereocenters. The summed E-state index contributed by atoms with van der Waals surface area (Å²) in [4.78, 5) is 17.0. The highest BCUT2D eigenvalue weighted by Gasteiger charge is 2.80. The van der Waals surface area contributed by atoms with E-state index in [0.717, 1.165) is 54.4 Å². The molecule has 8 nitrogen and oxygen atoms in total. The first-order chi connectivity index (χ1) is 20.6. The first-order valence-corrected chi connectivity index (χ1v) is 17.1. The number of benzene rings is 3. The molecule has 228 valence electrons. The SMILES string of the molecule is O=C(O)C1(O)N([C@@H]2CCCc3cc(CN4CCCCC4)ccc32)CCC1(O)C1(S(=O)(=O)c2ccc3ccccc3c2)CC1. The smallest absolute Gasteiger partial charge is 0.354 e. The van der Waals surface area contributed by atoms with E-state index < -0.39 is 37.9 Å². The number of piperidine rings is 1. The number of sulfone groups is 1. The fourth-order valence-corrected chi connectivity index (χ4v) is 10.6. The number of carboxylic acids is 1. The van der Waals surface area contributed by atoms with Crippen molar-refractivity contribution in [3.8, 4) is 0 Å². The molecule has 43 heavy (non-hydrogen) atoms. The van der Waals surface area contributed by atoms with Crippen molar-refractivity contribution in [2.75, 3.05) is 19.6 Å². The second kappa shape index (κ2) is 10.4. The fraction of sp³-hybridized carbons (Fsp3) is 0.500. The van der Waals surface area contributed by atoms with Crippen LogP contribution in [0, 0.1) is 0 Å². The zero-order valence-electron chi connectivity index (χ0n) is 24.4. The van der Waals surface area contributed by atoms with Gasteiger partial charge in [0, 0.05) is 19.1 Å². The monoisotopic (exact) mass is 604 g/mol. The second-order valence-corrected chi connectivity index (χ2v) is 15.3. The zero-order valence-corrected chi connectivity index (χ0v) is 25.2. The summed E-state index contributed by atoms with van der Waals surface area (Å²) in [5, 5.41) is 36.7. The van der Waals surface area contributed by atoms with Crippen molar-refractivity contribution >= 4 is 26.6 Å². The summed E-state index contributed by atoms with van der Waals surface area (Å²) in [5.41, 5.74) is -1.83. The Balaban J connectivity index is 1.23. The van der Waals surface area contributed by atoms with Gasteiger partial charge in [-0.2, -0.15) is 0 Å². The molecule has 4 aliphatic rings. The third-order valence-electron chi connectivity index (χ3n) is 10.7. The average molecular weight is 605 g/mol. The molecular weight excluding hydrogens is 564 g/mol. The number of rotatable bonds is 7. The quantitative estimate of drug-likeness (QED) is 0.363. The summed E-state index contributed by atoms with van der Waals surface area (Å²) in [6, 6.07) is 18.2. The maximum atomic E-state index is 14.3. The first kappa shape index (κ1) is 28.9. The van der Waals surface area contributed by atoms with Crippen LogP contribution in [0.1, 0.15) is 74.1 Å². The Hall–Kier alpha value is -2.82. The molecular formula is C34H40N2O6S. The summed E-state index contributed by atoms with van der Waals surface area (Å²) >= 11 is 0. The van der Waals surface area contributed by atoms with Crippen LogP contribution in [0.4, 0.5) is 0 Å².